The summed E-state index contributed by atoms with van der Waals surface area (Å²) in [5, 5.41) is 6.79. The molecule has 0 aromatic heterocycles. The van der Waals surface area contributed by atoms with Crippen LogP contribution in [0.25, 0.3) is 0 Å². The van der Waals surface area contributed by atoms with Crippen LogP contribution in [-0.2, 0) is 0 Å². The van der Waals surface area contributed by atoms with Crippen molar-refractivity contribution < 1.29 is 0 Å². The van der Waals surface area contributed by atoms with E-state index in [9.17, 15) is 0 Å². The molecule has 2 N–H and O–H groups in total. The maximum Gasteiger partial charge on any atom is 0.191 e. The second-order valence-corrected chi connectivity index (χ2v) is 5.44. The number of guanidine groups is 1. The van der Waals surface area contributed by atoms with Crippen molar-refractivity contribution in [2.75, 3.05) is 32.7 Å². The molecule has 1 aliphatic carbocycles. The number of hydrogen-bond donors (Lipinski definition) is 2. The second-order valence-electron chi connectivity index (χ2n) is 5.44. The minimum Gasteiger partial charge on any atom is -0.357 e. The zero-order chi connectivity index (χ0) is 12.6. The van der Waals surface area contributed by atoms with Gasteiger partial charge >= 0.3 is 0 Å². The molecule has 1 aliphatic heterocycles. The van der Waals surface area contributed by atoms with Crippen LogP contribution in [-0.4, -0.2) is 49.6 Å². The highest BCUT2D eigenvalue weighted by Crippen LogP contribution is 2.18. The maximum absolute atomic E-state index is 4.67. The molecule has 0 radical (unpaired) electrons. The van der Waals surface area contributed by atoms with Crippen LogP contribution < -0.4 is 10.6 Å². The minimum absolute atomic E-state index is 0.681. The van der Waals surface area contributed by atoms with E-state index in [2.05, 4.69) is 27.4 Å². The van der Waals surface area contributed by atoms with Gasteiger partial charge in [0.25, 0.3) is 0 Å². The quantitative estimate of drug-likeness (QED) is 0.576. The average Bonchev–Trinajstić information content (AvgIpc) is 3.16. The fraction of sp³-hybridized carbons (Fsp3) is 0.929. The molecule has 0 bridgehead atoms. The average molecular weight is 252 g/mol. The first-order valence-corrected chi connectivity index (χ1v) is 7.65. The first-order valence-electron chi connectivity index (χ1n) is 7.65. The summed E-state index contributed by atoms with van der Waals surface area (Å²) in [5.41, 5.74) is 0. The third-order valence-corrected chi connectivity index (χ3v) is 3.65. The molecular formula is C14H28N4. The van der Waals surface area contributed by atoms with E-state index in [1.54, 1.807) is 0 Å². The lowest BCUT2D eigenvalue weighted by molar-refractivity contribution is 0.293. The van der Waals surface area contributed by atoms with Crippen molar-refractivity contribution in [1.82, 2.24) is 15.5 Å². The first-order chi connectivity index (χ1) is 8.88. The zero-order valence-corrected chi connectivity index (χ0v) is 11.7. The highest BCUT2D eigenvalue weighted by atomic mass is 15.2. The van der Waals surface area contributed by atoms with Crippen LogP contribution in [0, 0.1) is 0 Å². The lowest BCUT2D eigenvalue weighted by atomic mass is 10.2. The smallest absolute Gasteiger partial charge is 0.191 e. The van der Waals surface area contributed by atoms with E-state index in [1.165, 1.54) is 51.6 Å². The summed E-state index contributed by atoms with van der Waals surface area (Å²) in [6, 6.07) is 0.681. The fourth-order valence-electron chi connectivity index (χ4n) is 2.40. The van der Waals surface area contributed by atoms with Crippen LogP contribution in [0.4, 0.5) is 0 Å². The summed E-state index contributed by atoms with van der Waals surface area (Å²) in [4.78, 5) is 7.24. The van der Waals surface area contributed by atoms with Gasteiger partial charge in [-0.25, -0.2) is 0 Å². The summed E-state index contributed by atoms with van der Waals surface area (Å²) in [6.45, 7) is 7.63. The standard InChI is InChI=1S/C14H28N4/c1-2-15-14(17-13-7-8-13)16-9-12-18-10-5-3-4-6-11-18/h13H,2-12H2,1H3,(H2,15,16,17). The molecule has 1 heterocycles. The van der Waals surface area contributed by atoms with Gasteiger partial charge in [-0.1, -0.05) is 12.8 Å². The van der Waals surface area contributed by atoms with Gasteiger partial charge in [0.15, 0.2) is 5.96 Å². The number of nitrogens with one attached hydrogen (secondary N) is 2. The van der Waals surface area contributed by atoms with Gasteiger partial charge in [-0.15, -0.1) is 0 Å². The van der Waals surface area contributed by atoms with E-state index in [-0.39, 0.29) is 0 Å². The Morgan fingerprint density at radius 2 is 1.89 bits per heavy atom. The van der Waals surface area contributed by atoms with Crippen LogP contribution in [0.5, 0.6) is 0 Å². The van der Waals surface area contributed by atoms with Crippen molar-refractivity contribution in [1.29, 1.82) is 0 Å². The van der Waals surface area contributed by atoms with Crippen molar-refractivity contribution in [2.24, 2.45) is 4.99 Å². The molecule has 104 valence electrons. The molecule has 2 aliphatic rings. The third kappa shape index (κ3) is 5.25. The summed E-state index contributed by atoms with van der Waals surface area (Å²) >= 11 is 0. The molecule has 0 aromatic rings. The molecular weight excluding hydrogens is 224 g/mol. The summed E-state index contributed by atoms with van der Waals surface area (Å²) in [6.07, 6.45) is 8.15. The molecule has 2 rings (SSSR count). The zero-order valence-electron chi connectivity index (χ0n) is 11.7. The van der Waals surface area contributed by atoms with Crippen molar-refractivity contribution in [2.45, 2.75) is 51.5 Å². The molecule has 1 saturated heterocycles. The lowest BCUT2D eigenvalue weighted by Gasteiger charge is -2.18. The predicted molar refractivity (Wildman–Crippen MR) is 77.0 cm³/mol. The summed E-state index contributed by atoms with van der Waals surface area (Å²) in [7, 11) is 0. The number of rotatable bonds is 5. The lowest BCUT2D eigenvalue weighted by Crippen LogP contribution is -2.39. The highest BCUT2D eigenvalue weighted by molar-refractivity contribution is 5.80. The third-order valence-electron chi connectivity index (χ3n) is 3.65. The molecule has 2 fully saturated rings. The van der Waals surface area contributed by atoms with Crippen molar-refractivity contribution in [3.8, 4) is 0 Å². The first kappa shape index (κ1) is 13.7. The van der Waals surface area contributed by atoms with Crippen molar-refractivity contribution >= 4 is 5.96 Å². The second kappa shape index (κ2) is 7.62. The monoisotopic (exact) mass is 252 g/mol. The van der Waals surface area contributed by atoms with Crippen LogP contribution in [0.3, 0.4) is 0 Å². The van der Waals surface area contributed by atoms with E-state index >= 15 is 0 Å². The molecule has 0 aromatic carbocycles. The Labute approximate surface area is 111 Å². The molecule has 0 amide bonds. The van der Waals surface area contributed by atoms with Gasteiger partial charge in [-0.2, -0.15) is 0 Å². The van der Waals surface area contributed by atoms with E-state index < -0.39 is 0 Å². The Balaban J connectivity index is 1.68. The van der Waals surface area contributed by atoms with Crippen LogP contribution >= 0.6 is 0 Å². The normalized spacial score (nSPS) is 22.6. The van der Waals surface area contributed by atoms with Gasteiger partial charge in [0, 0.05) is 19.1 Å². The molecule has 0 unspecified atom stereocenters. The summed E-state index contributed by atoms with van der Waals surface area (Å²) in [5.74, 6) is 1.01. The van der Waals surface area contributed by atoms with Gasteiger partial charge in [0.05, 0.1) is 6.54 Å². The number of likely N-dealkylation sites (tertiary alicyclic amines) is 1. The van der Waals surface area contributed by atoms with Gasteiger partial charge in [-0.05, 0) is 45.7 Å². The van der Waals surface area contributed by atoms with Crippen LogP contribution in [0.1, 0.15) is 45.4 Å². The number of nitrogens with zero attached hydrogens (tertiary/aromatic N) is 2. The Hall–Kier alpha value is -0.770. The molecule has 4 heteroatoms. The van der Waals surface area contributed by atoms with Crippen molar-refractivity contribution in [3.63, 3.8) is 0 Å². The van der Waals surface area contributed by atoms with Crippen molar-refractivity contribution in [3.05, 3.63) is 0 Å². The highest BCUT2D eigenvalue weighted by Gasteiger charge is 2.22. The van der Waals surface area contributed by atoms with Gasteiger partial charge in [0.1, 0.15) is 0 Å². The Bertz CT molecular complexity index is 253. The predicted octanol–water partition coefficient (Wildman–Crippen LogP) is 1.58. The van der Waals surface area contributed by atoms with E-state index in [0.29, 0.717) is 6.04 Å². The van der Waals surface area contributed by atoms with E-state index in [4.69, 9.17) is 0 Å². The largest absolute Gasteiger partial charge is 0.357 e. The molecule has 18 heavy (non-hydrogen) atoms. The Kier molecular flexibility index (Phi) is 5.78. The molecule has 4 nitrogen and oxygen atoms in total. The van der Waals surface area contributed by atoms with E-state index in [1.807, 2.05) is 0 Å². The van der Waals surface area contributed by atoms with E-state index in [0.717, 1.165) is 25.6 Å². The maximum atomic E-state index is 4.67. The SMILES string of the molecule is CCNC(=NCCN1CCCCCC1)NC1CC1. The topological polar surface area (TPSA) is 39.7 Å². The number of aliphatic imine (C=N–C) groups is 1. The van der Waals surface area contributed by atoms with Gasteiger partial charge in [0.2, 0.25) is 0 Å². The summed E-state index contributed by atoms with van der Waals surface area (Å²) < 4.78 is 0. The minimum atomic E-state index is 0.681. The molecule has 1 saturated carbocycles. The van der Waals surface area contributed by atoms with Gasteiger partial charge in [-0.3, -0.25) is 4.99 Å². The Morgan fingerprint density at radius 1 is 1.17 bits per heavy atom. The molecule has 0 spiro atoms. The fourth-order valence-corrected chi connectivity index (χ4v) is 2.40. The Morgan fingerprint density at radius 3 is 2.50 bits per heavy atom. The molecule has 0 atom stereocenters. The van der Waals surface area contributed by atoms with Crippen LogP contribution in [0.15, 0.2) is 4.99 Å². The number of hydrogen-bond acceptors (Lipinski definition) is 2. The van der Waals surface area contributed by atoms with Crippen LogP contribution in [0.2, 0.25) is 0 Å². The van der Waals surface area contributed by atoms with Gasteiger partial charge < -0.3 is 15.5 Å².